The molecule has 0 atom stereocenters. The molecule has 2 aromatic heterocycles. The molecule has 37 heavy (non-hydrogen) atoms. The van der Waals surface area contributed by atoms with Crippen LogP contribution >= 0.6 is 0 Å². The number of ether oxygens (including phenoxy) is 1. The molecule has 190 valence electrons. The number of benzene rings is 2. The lowest BCUT2D eigenvalue weighted by Gasteiger charge is -2.11. The zero-order chi connectivity index (χ0) is 26.4. The second-order valence-electron chi connectivity index (χ2n) is 7.39. The summed E-state index contributed by atoms with van der Waals surface area (Å²) in [5, 5.41) is 31.9. The van der Waals surface area contributed by atoms with Crippen LogP contribution in [0.4, 0.5) is 11.5 Å². The van der Waals surface area contributed by atoms with Crippen molar-refractivity contribution in [3.05, 3.63) is 65.0 Å². The van der Waals surface area contributed by atoms with Crippen molar-refractivity contribution in [2.75, 3.05) is 17.7 Å². The van der Waals surface area contributed by atoms with Gasteiger partial charge in [0.1, 0.15) is 0 Å². The number of hydrazone groups is 1. The lowest BCUT2D eigenvalue weighted by Crippen LogP contribution is -2.22. The van der Waals surface area contributed by atoms with Crippen molar-refractivity contribution in [2.45, 2.75) is 13.5 Å². The molecule has 0 aliphatic heterocycles. The van der Waals surface area contributed by atoms with Crippen LogP contribution in [0, 0.1) is 0 Å². The van der Waals surface area contributed by atoms with Crippen molar-refractivity contribution in [2.24, 2.45) is 10.8 Å². The number of rotatable bonds is 10. The topological polar surface area (TPSA) is 222 Å². The Morgan fingerprint density at radius 2 is 2.05 bits per heavy atom. The molecule has 2 aromatic carbocycles. The fraction of sp³-hybridized carbons (Fsp3) is 0.136. The first-order valence-corrected chi connectivity index (χ1v) is 10.8. The quantitative estimate of drug-likeness (QED) is 0.149. The summed E-state index contributed by atoms with van der Waals surface area (Å²) in [4.78, 5) is 24.7. The highest BCUT2D eigenvalue weighted by atomic mass is 16.6. The molecular formula is C22H22N10O5. The number of carbonyl (C=O) groups excluding carboxylic acids is 2. The van der Waals surface area contributed by atoms with E-state index in [9.17, 15) is 14.7 Å². The van der Waals surface area contributed by atoms with Crippen LogP contribution in [0.25, 0.3) is 5.82 Å². The zero-order valence-corrected chi connectivity index (χ0v) is 19.5. The van der Waals surface area contributed by atoms with Crippen LogP contribution in [-0.4, -0.2) is 55.0 Å². The van der Waals surface area contributed by atoms with Crippen molar-refractivity contribution in [1.29, 1.82) is 0 Å². The number of nitrogens with two attached hydrogens (primary N) is 2. The predicted octanol–water partition coefficient (Wildman–Crippen LogP) is 0.812. The molecule has 0 fully saturated rings. The molecule has 0 saturated heterocycles. The summed E-state index contributed by atoms with van der Waals surface area (Å²) in [5.41, 5.74) is 15.0. The largest absolute Gasteiger partial charge is 0.504 e. The van der Waals surface area contributed by atoms with Gasteiger partial charge < -0.3 is 26.6 Å². The maximum atomic E-state index is 12.9. The number of phenolic OH excluding ortho intramolecular Hbond substituents is 1. The smallest absolute Gasteiger partial charge is 0.293 e. The molecule has 0 unspecified atom stereocenters. The Kier molecular flexibility index (Phi) is 7.23. The Hall–Kier alpha value is -5.47. The minimum Gasteiger partial charge on any atom is -0.504 e. The van der Waals surface area contributed by atoms with E-state index in [1.54, 1.807) is 43.3 Å². The summed E-state index contributed by atoms with van der Waals surface area (Å²) in [5.74, 6) is -1.12. The van der Waals surface area contributed by atoms with Crippen LogP contribution in [0.3, 0.4) is 0 Å². The molecule has 4 rings (SSSR count). The number of primary amides is 1. The highest BCUT2D eigenvalue weighted by Gasteiger charge is 2.24. The highest BCUT2D eigenvalue weighted by Crippen LogP contribution is 2.26. The Morgan fingerprint density at radius 1 is 1.24 bits per heavy atom. The maximum absolute atomic E-state index is 12.9. The van der Waals surface area contributed by atoms with Gasteiger partial charge in [0.05, 0.1) is 30.6 Å². The summed E-state index contributed by atoms with van der Waals surface area (Å²) in [6.07, 6.45) is 1.37. The maximum Gasteiger partial charge on any atom is 0.293 e. The Bertz CT molecular complexity index is 1460. The molecular weight excluding hydrogens is 484 g/mol. The minimum absolute atomic E-state index is 0.0163. The average molecular weight is 506 g/mol. The lowest BCUT2D eigenvalue weighted by molar-refractivity contribution is 0.0947. The number of nitrogens with one attached hydrogen (secondary N) is 2. The van der Waals surface area contributed by atoms with Crippen molar-refractivity contribution >= 4 is 29.5 Å². The SMILES string of the molecule is CCOc1cc(/C=N\NC(=O)c2nnn(-c3nonc3N)c2CNc2ccccc2C(N)=O)ccc1O. The lowest BCUT2D eigenvalue weighted by atomic mass is 10.1. The standard InChI is InChI=1S/C22H22N10O5/c1-2-36-17-9-12(7-8-16(17)33)10-26-28-22(35)18-15(32(31-27-18)21-19(23)29-37-30-21)11-25-14-6-4-3-5-13(14)20(24)34/h3-10,25,33H,2,11H2,1H3,(H2,23,29)(H2,24,34)(H,28,35)/b26-10-. The van der Waals surface area contributed by atoms with Gasteiger partial charge in [-0.3, -0.25) is 9.59 Å². The molecule has 0 aliphatic carbocycles. The summed E-state index contributed by atoms with van der Waals surface area (Å²) >= 11 is 0. The van der Waals surface area contributed by atoms with Gasteiger partial charge in [-0.2, -0.15) is 9.78 Å². The first kappa shape index (κ1) is 24.6. The number of aromatic hydroxyl groups is 1. The van der Waals surface area contributed by atoms with Gasteiger partial charge in [-0.25, -0.2) is 10.1 Å². The number of para-hydroxylation sites is 1. The van der Waals surface area contributed by atoms with Crippen molar-refractivity contribution in [1.82, 2.24) is 30.7 Å². The molecule has 2 amide bonds. The van der Waals surface area contributed by atoms with E-state index >= 15 is 0 Å². The number of phenols is 1. The summed E-state index contributed by atoms with van der Waals surface area (Å²) < 4.78 is 11.2. The van der Waals surface area contributed by atoms with E-state index < -0.39 is 11.8 Å². The van der Waals surface area contributed by atoms with Crippen LogP contribution < -0.4 is 26.9 Å². The zero-order valence-electron chi connectivity index (χ0n) is 19.5. The molecule has 0 spiro atoms. The van der Waals surface area contributed by atoms with Gasteiger partial charge in [0, 0.05) is 5.69 Å². The van der Waals surface area contributed by atoms with Gasteiger partial charge in [-0.05, 0) is 53.1 Å². The molecule has 15 heteroatoms. The number of hydrogen-bond acceptors (Lipinski definition) is 12. The van der Waals surface area contributed by atoms with E-state index in [4.69, 9.17) is 16.2 Å². The van der Waals surface area contributed by atoms with E-state index in [1.165, 1.54) is 17.0 Å². The number of anilines is 2. The van der Waals surface area contributed by atoms with Gasteiger partial charge in [-0.15, -0.1) is 5.10 Å². The number of carbonyl (C=O) groups is 2. The van der Waals surface area contributed by atoms with Gasteiger partial charge >= 0.3 is 0 Å². The molecule has 0 aliphatic rings. The second-order valence-corrected chi connectivity index (χ2v) is 7.39. The van der Waals surface area contributed by atoms with E-state index in [-0.39, 0.29) is 46.6 Å². The summed E-state index contributed by atoms with van der Waals surface area (Å²) in [7, 11) is 0. The van der Waals surface area contributed by atoms with Crippen LogP contribution in [0.5, 0.6) is 11.5 Å². The van der Waals surface area contributed by atoms with Crippen molar-refractivity contribution < 1.29 is 24.1 Å². The monoisotopic (exact) mass is 506 g/mol. The third-order valence-electron chi connectivity index (χ3n) is 4.98. The van der Waals surface area contributed by atoms with Crippen molar-refractivity contribution in [3.63, 3.8) is 0 Å². The number of nitrogens with zero attached hydrogens (tertiary/aromatic N) is 6. The first-order chi connectivity index (χ1) is 17.9. The minimum atomic E-state index is -0.693. The van der Waals surface area contributed by atoms with Gasteiger partial charge in [-0.1, -0.05) is 17.3 Å². The number of amides is 2. The normalized spacial score (nSPS) is 10.9. The van der Waals surface area contributed by atoms with Crippen LogP contribution in [0.2, 0.25) is 0 Å². The third kappa shape index (κ3) is 5.45. The van der Waals surface area contributed by atoms with E-state index in [2.05, 4.69) is 41.1 Å². The Labute approximate surface area is 209 Å². The van der Waals surface area contributed by atoms with E-state index in [0.29, 0.717) is 17.9 Å². The molecule has 0 radical (unpaired) electrons. The summed E-state index contributed by atoms with van der Waals surface area (Å²) in [6.45, 7) is 2.12. The van der Waals surface area contributed by atoms with Crippen LogP contribution in [-0.2, 0) is 6.54 Å². The number of hydrogen-bond donors (Lipinski definition) is 5. The Morgan fingerprint density at radius 3 is 2.78 bits per heavy atom. The molecule has 15 nitrogen and oxygen atoms in total. The fourth-order valence-corrected chi connectivity index (χ4v) is 3.28. The Balaban J connectivity index is 1.58. The van der Waals surface area contributed by atoms with E-state index in [0.717, 1.165) is 0 Å². The predicted molar refractivity (Wildman–Crippen MR) is 130 cm³/mol. The average Bonchev–Trinajstić information content (AvgIpc) is 3.50. The van der Waals surface area contributed by atoms with Crippen LogP contribution in [0.15, 0.2) is 52.2 Å². The molecule has 0 saturated carbocycles. The molecule has 2 heterocycles. The fourth-order valence-electron chi connectivity index (χ4n) is 3.28. The molecule has 0 bridgehead atoms. The molecule has 4 aromatic rings. The number of nitrogen functional groups attached to an aromatic ring is 1. The second kappa shape index (κ2) is 10.9. The third-order valence-corrected chi connectivity index (χ3v) is 4.98. The van der Waals surface area contributed by atoms with Crippen molar-refractivity contribution in [3.8, 4) is 17.3 Å². The van der Waals surface area contributed by atoms with Gasteiger partial charge in [0.25, 0.3) is 11.8 Å². The van der Waals surface area contributed by atoms with Gasteiger partial charge in [0.2, 0.25) is 11.6 Å². The first-order valence-electron chi connectivity index (χ1n) is 10.8. The summed E-state index contributed by atoms with van der Waals surface area (Å²) in [6, 6.07) is 11.2. The van der Waals surface area contributed by atoms with Crippen LogP contribution in [0.1, 0.15) is 39.0 Å². The van der Waals surface area contributed by atoms with Gasteiger partial charge in [0.15, 0.2) is 17.2 Å². The van der Waals surface area contributed by atoms with E-state index in [1.807, 2.05) is 0 Å². The molecule has 7 N–H and O–H groups in total. The number of aromatic nitrogens is 5. The highest BCUT2D eigenvalue weighted by molar-refractivity contribution is 5.98.